The number of piperidine rings is 2. The first-order valence-corrected chi connectivity index (χ1v) is 29.0. The van der Waals surface area contributed by atoms with Crippen molar-refractivity contribution in [1.82, 2.24) is 30.6 Å². The van der Waals surface area contributed by atoms with Gasteiger partial charge in [-0.05, 0) is 160 Å². The first kappa shape index (κ1) is 56.3. The molecule has 78 heavy (non-hydrogen) atoms. The molecular formula is C64H84N8O6. The molecule has 0 spiro atoms. The number of aromatic nitrogens is 4. The maximum absolute atomic E-state index is 12.8. The lowest BCUT2D eigenvalue weighted by Crippen LogP contribution is -2.46. The summed E-state index contributed by atoms with van der Waals surface area (Å²) in [6, 6.07) is 27.1. The number of anilines is 2. The van der Waals surface area contributed by atoms with Crippen LogP contribution in [0.1, 0.15) is 117 Å². The molecule has 416 valence electrons. The number of carbonyl (C=O) groups is 2. The number of phenolic OH excluding ortho intramolecular Hbond substituents is 2. The molecule has 4 heterocycles. The number of rotatable bonds is 14. The Hall–Kier alpha value is -6.38. The Morgan fingerprint density at radius 1 is 0.551 bits per heavy atom. The maximum Gasteiger partial charge on any atom is 0.246 e. The van der Waals surface area contributed by atoms with Gasteiger partial charge in [0, 0.05) is 49.0 Å². The first-order chi connectivity index (χ1) is 37.6. The summed E-state index contributed by atoms with van der Waals surface area (Å²) in [5.41, 5.74) is 5.22. The third-order valence-corrected chi connectivity index (χ3v) is 17.1. The van der Waals surface area contributed by atoms with Gasteiger partial charge >= 0.3 is 0 Å². The number of aryl methyl sites for hydroxylation is 2. The van der Waals surface area contributed by atoms with Crippen LogP contribution < -0.4 is 20.4 Å². The fourth-order valence-corrected chi connectivity index (χ4v) is 12.5. The van der Waals surface area contributed by atoms with E-state index >= 15 is 0 Å². The number of amides is 2. The summed E-state index contributed by atoms with van der Waals surface area (Å²) in [7, 11) is 0. The number of phenols is 2. The van der Waals surface area contributed by atoms with Gasteiger partial charge in [-0.15, -0.1) is 0 Å². The van der Waals surface area contributed by atoms with Gasteiger partial charge in [-0.2, -0.15) is 0 Å². The van der Waals surface area contributed by atoms with Crippen molar-refractivity contribution in [2.75, 3.05) is 49.2 Å². The van der Waals surface area contributed by atoms with E-state index in [1.807, 2.05) is 24.3 Å². The standard InChI is InChI=1S/2C32H42N4O3/c2*1-20(2)24-11-9-22(4)18-29(24)39-19-30(38)33-23-13-15-36(16-14-23)32-25-12-10-21(3)17-27(25)34-31(35-32)26-7-5-6-8-28(26)37/h2*5-8,10,12,17,20,22-24,29,37H,9,11,13-16,18-19H2,1-4H3,(H,33,38). The van der Waals surface area contributed by atoms with Crippen LogP contribution in [0.3, 0.4) is 0 Å². The van der Waals surface area contributed by atoms with Gasteiger partial charge in [0.1, 0.15) is 36.3 Å². The van der Waals surface area contributed by atoms with Crippen LogP contribution in [0, 0.1) is 49.4 Å². The highest BCUT2D eigenvalue weighted by Gasteiger charge is 2.34. The molecule has 0 radical (unpaired) electrons. The topological polar surface area (TPSA) is 175 Å². The van der Waals surface area contributed by atoms with Crippen LogP contribution in [0.2, 0.25) is 0 Å². The minimum absolute atomic E-state index is 0.0148. The van der Waals surface area contributed by atoms with Gasteiger partial charge in [0.15, 0.2) is 11.6 Å². The monoisotopic (exact) mass is 1060 g/mol. The molecule has 4 fully saturated rings. The zero-order chi connectivity index (χ0) is 55.0. The molecule has 6 aromatic rings. The summed E-state index contributed by atoms with van der Waals surface area (Å²) in [4.78, 5) is 49.6. The second kappa shape index (κ2) is 25.6. The van der Waals surface area contributed by atoms with E-state index in [2.05, 4.69) is 112 Å². The summed E-state index contributed by atoms with van der Waals surface area (Å²) in [6.07, 6.45) is 10.7. The van der Waals surface area contributed by atoms with Gasteiger partial charge in [0.05, 0.1) is 34.4 Å². The van der Waals surface area contributed by atoms with Crippen LogP contribution in [0.4, 0.5) is 11.6 Å². The van der Waals surface area contributed by atoms with E-state index in [1.165, 1.54) is 25.7 Å². The molecular weight excluding hydrogens is 977 g/mol. The quantitative estimate of drug-likeness (QED) is 0.0814. The SMILES string of the molecule is Cc1ccc2c(N3CCC(NC(=O)COC4CC(C)CCC4C(C)C)CC3)nc(-c3ccccc3O)nc2c1.Cc1ccc2c(N3CCC(NC(=O)COC4CC(C)CCC4C(C)C)CC3)nc(-c3ccccc3O)nc2c1. The highest BCUT2D eigenvalue weighted by atomic mass is 16.5. The lowest BCUT2D eigenvalue weighted by molar-refractivity contribution is -0.132. The lowest BCUT2D eigenvalue weighted by Gasteiger charge is -2.37. The minimum Gasteiger partial charge on any atom is -0.507 e. The fraction of sp³-hybridized carbons (Fsp3) is 0.531. The third-order valence-electron chi connectivity index (χ3n) is 17.1. The number of hydrogen-bond donors (Lipinski definition) is 4. The Bertz CT molecular complexity index is 2800. The van der Waals surface area contributed by atoms with Crippen LogP contribution in [0.15, 0.2) is 84.9 Å². The minimum atomic E-state index is -0.0148. The number of para-hydroxylation sites is 2. The number of benzene rings is 4. The molecule has 4 N–H and O–H groups in total. The second-order valence-electron chi connectivity index (χ2n) is 23.8. The van der Waals surface area contributed by atoms with Crippen molar-refractivity contribution in [2.24, 2.45) is 35.5 Å². The first-order valence-electron chi connectivity index (χ1n) is 29.0. The number of carbonyl (C=O) groups excluding carboxylic acids is 2. The highest BCUT2D eigenvalue weighted by Crippen LogP contribution is 2.38. The van der Waals surface area contributed by atoms with Crippen molar-refractivity contribution in [3.05, 3.63) is 96.1 Å². The third kappa shape index (κ3) is 13.9. The molecule has 2 aromatic heterocycles. The zero-order valence-electron chi connectivity index (χ0n) is 47.4. The van der Waals surface area contributed by atoms with Crippen LogP contribution >= 0.6 is 0 Å². The van der Waals surface area contributed by atoms with E-state index in [-0.39, 0.29) is 60.8 Å². The molecule has 4 aromatic carbocycles. The second-order valence-corrected chi connectivity index (χ2v) is 23.8. The molecule has 2 saturated heterocycles. The Kier molecular flexibility index (Phi) is 18.5. The van der Waals surface area contributed by atoms with Gasteiger partial charge in [0.2, 0.25) is 11.8 Å². The fourth-order valence-electron chi connectivity index (χ4n) is 12.5. The van der Waals surface area contributed by atoms with Crippen LogP contribution in [-0.4, -0.2) is 106 Å². The van der Waals surface area contributed by atoms with Gasteiger partial charge in [-0.25, -0.2) is 19.9 Å². The van der Waals surface area contributed by atoms with Crippen molar-refractivity contribution in [3.8, 4) is 34.3 Å². The number of aromatic hydroxyl groups is 2. The Morgan fingerprint density at radius 2 is 0.936 bits per heavy atom. The average Bonchev–Trinajstić information content (AvgIpc) is 3.42. The molecule has 2 saturated carbocycles. The molecule has 2 aliphatic carbocycles. The summed E-state index contributed by atoms with van der Waals surface area (Å²) < 4.78 is 12.4. The van der Waals surface area contributed by atoms with Gasteiger partial charge < -0.3 is 40.1 Å². The van der Waals surface area contributed by atoms with Crippen molar-refractivity contribution in [3.63, 3.8) is 0 Å². The summed E-state index contributed by atoms with van der Waals surface area (Å²) in [5.74, 6) is 6.62. The highest BCUT2D eigenvalue weighted by molar-refractivity contribution is 5.93. The maximum atomic E-state index is 12.8. The number of hydrogen-bond acceptors (Lipinski definition) is 12. The Balaban J connectivity index is 0.000000190. The normalized spacial score (nSPS) is 22.4. The van der Waals surface area contributed by atoms with Crippen LogP contribution in [0.5, 0.6) is 11.5 Å². The predicted octanol–water partition coefficient (Wildman–Crippen LogP) is 11.7. The number of nitrogens with zero attached hydrogens (tertiary/aromatic N) is 6. The number of nitrogens with one attached hydrogen (secondary N) is 2. The Labute approximate surface area is 462 Å². The van der Waals surface area contributed by atoms with E-state index in [1.54, 1.807) is 24.3 Å². The van der Waals surface area contributed by atoms with Gasteiger partial charge in [0.25, 0.3) is 0 Å². The summed E-state index contributed by atoms with van der Waals surface area (Å²) in [5, 5.41) is 29.3. The van der Waals surface area contributed by atoms with Gasteiger partial charge in [-0.3, -0.25) is 9.59 Å². The zero-order valence-corrected chi connectivity index (χ0v) is 47.4. The van der Waals surface area contributed by atoms with Crippen molar-refractivity contribution in [2.45, 2.75) is 144 Å². The molecule has 10 rings (SSSR count). The summed E-state index contributed by atoms with van der Waals surface area (Å²) in [6.45, 7) is 21.1. The smallest absolute Gasteiger partial charge is 0.246 e. The molecule has 14 nitrogen and oxygen atoms in total. The molecule has 0 bridgehead atoms. The molecule has 4 aliphatic rings. The van der Waals surface area contributed by atoms with Crippen molar-refractivity contribution < 1.29 is 29.3 Å². The molecule has 2 aliphatic heterocycles. The Morgan fingerprint density at radius 3 is 1.31 bits per heavy atom. The van der Waals surface area contributed by atoms with E-state index in [4.69, 9.17) is 29.4 Å². The van der Waals surface area contributed by atoms with Crippen LogP contribution in [0.25, 0.3) is 44.6 Å². The van der Waals surface area contributed by atoms with Crippen molar-refractivity contribution in [1.29, 1.82) is 0 Å². The number of fused-ring (bicyclic) bond motifs is 2. The largest absolute Gasteiger partial charge is 0.507 e. The van der Waals surface area contributed by atoms with E-state index in [9.17, 15) is 19.8 Å². The van der Waals surface area contributed by atoms with E-state index < -0.39 is 0 Å². The molecule has 6 unspecified atom stereocenters. The van der Waals surface area contributed by atoms with Gasteiger partial charge in [-0.1, -0.05) is 90.8 Å². The average molecular weight is 1060 g/mol. The summed E-state index contributed by atoms with van der Waals surface area (Å²) >= 11 is 0. The van der Waals surface area contributed by atoms with E-state index in [0.717, 1.165) is 109 Å². The van der Waals surface area contributed by atoms with Crippen molar-refractivity contribution >= 4 is 45.3 Å². The van der Waals surface area contributed by atoms with Crippen LogP contribution in [-0.2, 0) is 19.1 Å². The number of ether oxygens (including phenoxy) is 2. The molecule has 6 atom stereocenters. The predicted molar refractivity (Wildman–Crippen MR) is 312 cm³/mol. The lowest BCUT2D eigenvalue weighted by atomic mass is 9.75. The molecule has 2 amide bonds. The van der Waals surface area contributed by atoms with E-state index in [0.29, 0.717) is 58.3 Å². The molecule has 14 heteroatoms.